The molecule has 0 N–H and O–H groups in total. The molecule has 216 valence electrons. The van der Waals surface area contributed by atoms with Crippen molar-refractivity contribution in [2.75, 3.05) is 45.2 Å². The monoisotopic (exact) mass is 576 g/mol. The van der Waals surface area contributed by atoms with Crippen LogP contribution in [0.25, 0.3) is 5.57 Å². The largest absolute Gasteiger partial charge is 0.444 e. The molecule has 5 rings (SSSR count). The number of nitriles is 1. The molecule has 0 aromatic heterocycles. The summed E-state index contributed by atoms with van der Waals surface area (Å²) >= 11 is 0. The zero-order valence-electron chi connectivity index (χ0n) is 24.7. The van der Waals surface area contributed by atoms with Gasteiger partial charge in [0.25, 0.3) is 0 Å². The number of fused-ring (bicyclic) bond motifs is 3. The summed E-state index contributed by atoms with van der Waals surface area (Å²) in [6.45, 7) is 11.2. The molecular weight excluding hydrogens is 540 g/mol. The Hall–Kier alpha value is -3.68. The van der Waals surface area contributed by atoms with Crippen LogP contribution in [0.5, 0.6) is 0 Å². The third kappa shape index (κ3) is 4.81. The molecule has 41 heavy (non-hydrogen) atoms. The van der Waals surface area contributed by atoms with Crippen molar-refractivity contribution in [1.82, 2.24) is 9.21 Å². The first-order valence-electron chi connectivity index (χ1n) is 13.7. The molecule has 0 saturated carbocycles. The van der Waals surface area contributed by atoms with Crippen molar-refractivity contribution in [1.29, 1.82) is 5.26 Å². The minimum absolute atomic E-state index is 0.0678. The maximum absolute atomic E-state index is 14.1. The lowest BCUT2D eigenvalue weighted by atomic mass is 9.68. The van der Waals surface area contributed by atoms with Crippen LogP contribution in [0.15, 0.2) is 40.8 Å². The highest BCUT2D eigenvalue weighted by Crippen LogP contribution is 2.51. The molecule has 10 heteroatoms. The van der Waals surface area contributed by atoms with Gasteiger partial charge in [-0.25, -0.2) is 17.5 Å². The Morgan fingerprint density at radius 1 is 1.05 bits per heavy atom. The fraction of sp³-hybridized carbons (Fsp3) is 0.452. The normalized spacial score (nSPS) is 18.2. The van der Waals surface area contributed by atoms with Crippen LogP contribution in [-0.4, -0.2) is 75.4 Å². The molecule has 0 spiro atoms. The SMILES string of the molecule is CN(C)S(=O)(=O)c1cc2c(cc1N1CCN(C(=O)OC(C)(C)C)CC1)C(C)(C)C1=C(C2=O)c2ccc(C#N)cc2C1. The molecule has 0 unspecified atom stereocenters. The van der Waals surface area contributed by atoms with Crippen LogP contribution in [0.2, 0.25) is 0 Å². The second-order valence-corrected chi connectivity index (χ2v) is 14.7. The number of ketones is 1. The molecule has 1 heterocycles. The second kappa shape index (κ2) is 9.71. The van der Waals surface area contributed by atoms with Gasteiger partial charge in [-0.05, 0) is 73.7 Å². The molecule has 0 radical (unpaired) electrons. The van der Waals surface area contributed by atoms with Crippen LogP contribution in [-0.2, 0) is 26.6 Å². The van der Waals surface area contributed by atoms with Gasteiger partial charge in [0, 0.05) is 56.8 Å². The Morgan fingerprint density at radius 3 is 2.29 bits per heavy atom. The van der Waals surface area contributed by atoms with Crippen molar-refractivity contribution in [3.05, 3.63) is 63.7 Å². The summed E-state index contributed by atoms with van der Waals surface area (Å²) in [6, 6.07) is 10.9. The number of Topliss-reactive ketones (excluding diaryl/α,β-unsaturated/α-hetero) is 1. The number of nitrogens with zero attached hydrogens (tertiary/aromatic N) is 4. The molecule has 2 aromatic carbocycles. The molecule has 2 aliphatic carbocycles. The van der Waals surface area contributed by atoms with E-state index in [0.29, 0.717) is 55.0 Å². The van der Waals surface area contributed by atoms with E-state index in [1.807, 2.05) is 43.9 Å². The predicted molar refractivity (Wildman–Crippen MR) is 156 cm³/mol. The molecule has 1 aliphatic heterocycles. The summed E-state index contributed by atoms with van der Waals surface area (Å²) in [6.07, 6.45) is 0.162. The minimum Gasteiger partial charge on any atom is -0.444 e. The van der Waals surface area contributed by atoms with Crippen LogP contribution in [0, 0.1) is 11.3 Å². The highest BCUT2D eigenvalue weighted by Gasteiger charge is 2.44. The number of rotatable bonds is 3. The van der Waals surface area contributed by atoms with Gasteiger partial charge in [0.2, 0.25) is 10.0 Å². The topological polar surface area (TPSA) is 111 Å². The van der Waals surface area contributed by atoms with E-state index < -0.39 is 27.1 Å². The van der Waals surface area contributed by atoms with E-state index in [9.17, 15) is 23.3 Å². The maximum atomic E-state index is 14.1. The van der Waals surface area contributed by atoms with E-state index in [1.54, 1.807) is 11.0 Å². The quantitative estimate of drug-likeness (QED) is 0.534. The van der Waals surface area contributed by atoms with Crippen molar-refractivity contribution >= 4 is 33.2 Å². The number of hydrogen-bond donors (Lipinski definition) is 0. The highest BCUT2D eigenvalue weighted by atomic mass is 32.2. The fourth-order valence-corrected chi connectivity index (χ4v) is 7.08. The molecule has 9 nitrogen and oxygen atoms in total. The smallest absolute Gasteiger partial charge is 0.410 e. The molecule has 0 atom stereocenters. The van der Waals surface area contributed by atoms with E-state index in [-0.39, 0.29) is 10.7 Å². The van der Waals surface area contributed by atoms with E-state index >= 15 is 0 Å². The van der Waals surface area contributed by atoms with Gasteiger partial charge in [-0.2, -0.15) is 5.26 Å². The van der Waals surface area contributed by atoms with Crippen LogP contribution < -0.4 is 4.90 Å². The van der Waals surface area contributed by atoms with E-state index in [2.05, 4.69) is 19.9 Å². The van der Waals surface area contributed by atoms with E-state index in [0.717, 1.165) is 26.6 Å². The lowest BCUT2D eigenvalue weighted by Gasteiger charge is -2.40. The Balaban J connectivity index is 1.58. The lowest BCUT2D eigenvalue weighted by molar-refractivity contribution is 0.0240. The highest BCUT2D eigenvalue weighted by molar-refractivity contribution is 7.89. The predicted octanol–water partition coefficient (Wildman–Crippen LogP) is 4.35. The summed E-state index contributed by atoms with van der Waals surface area (Å²) in [7, 11) is -0.959. The molecule has 1 fully saturated rings. The van der Waals surface area contributed by atoms with Gasteiger partial charge >= 0.3 is 6.09 Å². The van der Waals surface area contributed by atoms with Crippen LogP contribution in [0.1, 0.15) is 67.2 Å². The number of ether oxygens (including phenoxy) is 1. The van der Waals surface area contributed by atoms with Gasteiger partial charge in [0.15, 0.2) is 5.78 Å². The summed E-state index contributed by atoms with van der Waals surface area (Å²) in [4.78, 5) is 30.4. The van der Waals surface area contributed by atoms with Crippen LogP contribution >= 0.6 is 0 Å². The number of hydrogen-bond acceptors (Lipinski definition) is 7. The Labute approximate surface area is 242 Å². The Kier molecular flexibility index (Phi) is 6.83. The van der Waals surface area contributed by atoms with Crippen molar-refractivity contribution in [3.63, 3.8) is 0 Å². The van der Waals surface area contributed by atoms with Crippen molar-refractivity contribution in [3.8, 4) is 6.07 Å². The fourth-order valence-electron chi connectivity index (χ4n) is 5.97. The average Bonchev–Trinajstić information content (AvgIpc) is 3.30. The molecular formula is C31H36N4O5S. The molecule has 2 aromatic rings. The zero-order chi connectivity index (χ0) is 30.1. The summed E-state index contributed by atoms with van der Waals surface area (Å²) < 4.78 is 34.0. The second-order valence-electron chi connectivity index (χ2n) is 12.6. The minimum atomic E-state index is -3.91. The first-order chi connectivity index (χ1) is 19.1. The number of carbonyl (C=O) groups excluding carboxylic acids is 2. The molecule has 1 saturated heterocycles. The molecule has 1 amide bonds. The maximum Gasteiger partial charge on any atom is 0.410 e. The van der Waals surface area contributed by atoms with Crippen molar-refractivity contribution in [2.45, 2.75) is 57.0 Å². The third-order valence-electron chi connectivity index (χ3n) is 8.20. The lowest BCUT2D eigenvalue weighted by Crippen LogP contribution is -2.50. The zero-order valence-corrected chi connectivity index (χ0v) is 25.5. The summed E-state index contributed by atoms with van der Waals surface area (Å²) in [5.41, 5.74) is 4.37. The standard InChI is InChI=1S/C31H36N4O5S/c1-30(2,3)40-29(37)35-12-10-34(11-13-35)25-17-23-22(16-26(25)41(38,39)33(6)7)28(36)27-21-9-8-19(18-32)14-20(21)15-24(27)31(23,4)5/h8-9,14,16-17H,10-13,15H2,1-7H3. The van der Waals surface area contributed by atoms with Crippen molar-refractivity contribution < 1.29 is 22.7 Å². The first-order valence-corrected chi connectivity index (χ1v) is 15.2. The number of allylic oxidation sites excluding steroid dienone is 2. The van der Waals surface area contributed by atoms with Gasteiger partial charge in [0.1, 0.15) is 10.5 Å². The van der Waals surface area contributed by atoms with Gasteiger partial charge in [0.05, 0.1) is 17.3 Å². The number of benzene rings is 2. The van der Waals surface area contributed by atoms with E-state index in [1.165, 1.54) is 20.2 Å². The molecule has 0 bridgehead atoms. The van der Waals surface area contributed by atoms with Gasteiger partial charge < -0.3 is 14.5 Å². The number of anilines is 1. The average molecular weight is 577 g/mol. The summed E-state index contributed by atoms with van der Waals surface area (Å²) in [5, 5.41) is 9.40. The number of piperazine rings is 1. The number of amides is 1. The van der Waals surface area contributed by atoms with Gasteiger partial charge in [-0.15, -0.1) is 0 Å². The van der Waals surface area contributed by atoms with Gasteiger partial charge in [-0.3, -0.25) is 4.79 Å². The number of carbonyl (C=O) groups is 2. The third-order valence-corrected chi connectivity index (χ3v) is 10.0. The molecule has 3 aliphatic rings. The Bertz CT molecular complexity index is 1650. The Morgan fingerprint density at radius 2 is 1.71 bits per heavy atom. The van der Waals surface area contributed by atoms with E-state index in [4.69, 9.17) is 4.74 Å². The van der Waals surface area contributed by atoms with Gasteiger partial charge in [-0.1, -0.05) is 19.9 Å². The number of sulfonamides is 1. The van der Waals surface area contributed by atoms with Crippen molar-refractivity contribution in [2.24, 2.45) is 0 Å². The summed E-state index contributed by atoms with van der Waals surface area (Å²) in [5.74, 6) is -0.200. The van der Waals surface area contributed by atoms with Crippen LogP contribution in [0.4, 0.5) is 10.5 Å². The first kappa shape index (κ1) is 28.8. The van der Waals surface area contributed by atoms with Crippen LogP contribution in [0.3, 0.4) is 0 Å².